The number of hydrogen-bond donors (Lipinski definition) is 0. The smallest absolute Gasteiger partial charge is 0.109 e. The normalized spacial score (nSPS) is 8.44. The molecule has 9 heavy (non-hydrogen) atoms. The second kappa shape index (κ2) is 2.79. The van der Waals surface area contributed by atoms with Gasteiger partial charge in [0.15, 0.2) is 0 Å². The van der Waals surface area contributed by atoms with Crippen molar-refractivity contribution in [3.8, 4) is 0 Å². The van der Waals surface area contributed by atoms with Crippen LogP contribution in [0.3, 0.4) is 0 Å². The van der Waals surface area contributed by atoms with Crippen LogP contribution in [0.15, 0.2) is 27.9 Å². The van der Waals surface area contributed by atoms with Gasteiger partial charge in [0.2, 0.25) is 0 Å². The highest BCUT2D eigenvalue weighted by Crippen LogP contribution is 2.00. The Morgan fingerprint density at radius 3 is 3.22 bits per heavy atom. The van der Waals surface area contributed by atoms with Gasteiger partial charge in [0.05, 0.1) is 12.8 Å². The van der Waals surface area contributed by atoms with E-state index in [0.717, 1.165) is 0 Å². The van der Waals surface area contributed by atoms with E-state index in [2.05, 4.69) is 10.0 Å². The molecule has 0 fully saturated rings. The molecule has 0 spiro atoms. The van der Waals surface area contributed by atoms with Crippen LogP contribution in [0.25, 0.3) is 10.4 Å². The van der Waals surface area contributed by atoms with Gasteiger partial charge in [-0.2, -0.15) is 0 Å². The zero-order valence-electron chi connectivity index (χ0n) is 4.69. The van der Waals surface area contributed by atoms with E-state index in [1.807, 2.05) is 0 Å². The van der Waals surface area contributed by atoms with Gasteiger partial charge >= 0.3 is 0 Å². The van der Waals surface area contributed by atoms with Gasteiger partial charge < -0.3 is 4.42 Å². The fourth-order valence-corrected chi connectivity index (χ4v) is 0.504. The topological polar surface area (TPSA) is 61.9 Å². The molecular weight excluding hydrogens is 118 g/mol. The molecule has 4 heteroatoms. The lowest BCUT2D eigenvalue weighted by Gasteiger charge is -1.80. The maximum absolute atomic E-state index is 7.88. The average molecular weight is 123 g/mol. The molecule has 1 rings (SSSR count). The first-order valence-corrected chi connectivity index (χ1v) is 2.46. The van der Waals surface area contributed by atoms with Crippen LogP contribution < -0.4 is 0 Å². The fourth-order valence-electron chi connectivity index (χ4n) is 0.504. The molecular formula is C5H5N3O. The second-order valence-corrected chi connectivity index (χ2v) is 1.47. The Bertz CT molecular complexity index is 210. The summed E-state index contributed by atoms with van der Waals surface area (Å²) in [7, 11) is 0. The summed E-state index contributed by atoms with van der Waals surface area (Å²) in [6.07, 6.45) is 1.54. The van der Waals surface area contributed by atoms with Crippen molar-refractivity contribution >= 4 is 0 Å². The molecule has 0 aromatic carbocycles. The summed E-state index contributed by atoms with van der Waals surface area (Å²) in [5.74, 6) is 0.688. The first-order chi connectivity index (χ1) is 4.43. The van der Waals surface area contributed by atoms with Gasteiger partial charge in [0.1, 0.15) is 5.76 Å². The van der Waals surface area contributed by atoms with Crippen molar-refractivity contribution in [1.82, 2.24) is 0 Å². The summed E-state index contributed by atoms with van der Waals surface area (Å²) >= 11 is 0. The third kappa shape index (κ3) is 1.51. The summed E-state index contributed by atoms with van der Waals surface area (Å²) < 4.78 is 4.87. The monoisotopic (exact) mass is 123 g/mol. The predicted molar refractivity (Wildman–Crippen MR) is 31.6 cm³/mol. The van der Waals surface area contributed by atoms with E-state index in [4.69, 9.17) is 9.95 Å². The maximum Gasteiger partial charge on any atom is 0.109 e. The molecule has 1 heterocycles. The summed E-state index contributed by atoms with van der Waals surface area (Å²) in [5, 5.41) is 3.30. The van der Waals surface area contributed by atoms with Gasteiger partial charge in [-0.1, -0.05) is 5.11 Å². The quantitative estimate of drug-likeness (QED) is 0.337. The minimum Gasteiger partial charge on any atom is -0.469 e. The van der Waals surface area contributed by atoms with E-state index in [1.54, 1.807) is 18.4 Å². The average Bonchev–Trinajstić information content (AvgIpc) is 2.34. The third-order valence-electron chi connectivity index (χ3n) is 0.870. The molecule has 0 aliphatic rings. The molecule has 0 amide bonds. The molecule has 0 bridgehead atoms. The highest BCUT2D eigenvalue weighted by atomic mass is 16.3. The summed E-state index contributed by atoms with van der Waals surface area (Å²) in [5.41, 5.74) is 7.88. The molecule has 1 aromatic rings. The van der Waals surface area contributed by atoms with E-state index in [9.17, 15) is 0 Å². The molecule has 0 saturated carbocycles. The number of azide groups is 1. The fraction of sp³-hybridized carbons (Fsp3) is 0.200. The lowest BCUT2D eigenvalue weighted by atomic mass is 10.5. The number of hydrogen-bond acceptors (Lipinski definition) is 2. The van der Waals surface area contributed by atoms with Crippen LogP contribution in [0.1, 0.15) is 5.76 Å². The van der Waals surface area contributed by atoms with Gasteiger partial charge in [0.25, 0.3) is 0 Å². The van der Waals surface area contributed by atoms with Gasteiger partial charge in [-0.05, 0) is 17.7 Å². The van der Waals surface area contributed by atoms with Crippen molar-refractivity contribution in [3.63, 3.8) is 0 Å². The van der Waals surface area contributed by atoms with Crippen molar-refractivity contribution in [1.29, 1.82) is 0 Å². The second-order valence-electron chi connectivity index (χ2n) is 1.47. The minimum atomic E-state index is 0.295. The summed E-state index contributed by atoms with van der Waals surface area (Å²) in [4.78, 5) is 2.58. The molecule has 0 saturated heterocycles. The number of nitrogens with zero attached hydrogens (tertiary/aromatic N) is 3. The number of rotatable bonds is 2. The van der Waals surface area contributed by atoms with Crippen molar-refractivity contribution in [3.05, 3.63) is 34.6 Å². The van der Waals surface area contributed by atoms with Crippen LogP contribution in [-0.4, -0.2) is 0 Å². The van der Waals surface area contributed by atoms with E-state index in [0.29, 0.717) is 12.3 Å². The molecule has 46 valence electrons. The highest BCUT2D eigenvalue weighted by Gasteiger charge is 1.88. The van der Waals surface area contributed by atoms with Crippen molar-refractivity contribution in [2.75, 3.05) is 0 Å². The first kappa shape index (κ1) is 5.72. The lowest BCUT2D eigenvalue weighted by Crippen LogP contribution is -1.69. The lowest BCUT2D eigenvalue weighted by molar-refractivity contribution is 0.512. The third-order valence-corrected chi connectivity index (χ3v) is 0.870. The molecule has 1 aromatic heterocycles. The maximum atomic E-state index is 7.88. The molecule has 0 aliphatic carbocycles. The summed E-state index contributed by atoms with van der Waals surface area (Å²) in [6, 6.07) is 3.51. The molecule has 4 nitrogen and oxygen atoms in total. The predicted octanol–water partition coefficient (Wildman–Crippen LogP) is 2.09. The van der Waals surface area contributed by atoms with Crippen LogP contribution in [0.5, 0.6) is 0 Å². The van der Waals surface area contributed by atoms with Gasteiger partial charge in [-0.25, -0.2) is 0 Å². The van der Waals surface area contributed by atoms with Crippen LogP contribution in [0, 0.1) is 0 Å². The van der Waals surface area contributed by atoms with E-state index in [-0.39, 0.29) is 0 Å². The van der Waals surface area contributed by atoms with Crippen molar-refractivity contribution in [2.24, 2.45) is 5.11 Å². The van der Waals surface area contributed by atoms with Crippen LogP contribution >= 0.6 is 0 Å². The number of furan rings is 1. The van der Waals surface area contributed by atoms with Crippen LogP contribution in [-0.2, 0) is 6.54 Å². The van der Waals surface area contributed by atoms with Crippen molar-refractivity contribution in [2.45, 2.75) is 6.54 Å². The Hall–Kier alpha value is -1.41. The van der Waals surface area contributed by atoms with Crippen LogP contribution in [0.2, 0.25) is 0 Å². The Kier molecular flexibility index (Phi) is 1.77. The largest absolute Gasteiger partial charge is 0.469 e. The molecule has 0 atom stereocenters. The first-order valence-electron chi connectivity index (χ1n) is 2.46. The van der Waals surface area contributed by atoms with Crippen molar-refractivity contribution < 1.29 is 4.42 Å². The Morgan fingerprint density at radius 1 is 1.78 bits per heavy atom. The SMILES string of the molecule is [N-]=[N+]=NCc1ccco1. The van der Waals surface area contributed by atoms with E-state index in [1.165, 1.54) is 0 Å². The zero-order chi connectivity index (χ0) is 6.53. The molecule has 0 radical (unpaired) electrons. The summed E-state index contributed by atoms with van der Waals surface area (Å²) in [6.45, 7) is 0.295. The van der Waals surface area contributed by atoms with Gasteiger partial charge in [0, 0.05) is 4.91 Å². The Balaban J connectivity index is 2.57. The standard InChI is InChI=1S/C5H5N3O/c6-8-7-4-5-2-1-3-9-5/h1-3H,4H2. The Labute approximate surface area is 51.7 Å². The molecule has 0 unspecified atom stereocenters. The van der Waals surface area contributed by atoms with Crippen LogP contribution in [0.4, 0.5) is 0 Å². The minimum absolute atomic E-state index is 0.295. The van der Waals surface area contributed by atoms with Gasteiger partial charge in [-0.3, -0.25) is 0 Å². The van der Waals surface area contributed by atoms with E-state index < -0.39 is 0 Å². The van der Waals surface area contributed by atoms with Gasteiger partial charge in [-0.15, -0.1) is 0 Å². The molecule has 0 N–H and O–H groups in total. The highest BCUT2D eigenvalue weighted by molar-refractivity contribution is 4.97. The molecule has 0 aliphatic heterocycles. The van der Waals surface area contributed by atoms with E-state index >= 15 is 0 Å². The Morgan fingerprint density at radius 2 is 2.67 bits per heavy atom. The zero-order valence-corrected chi connectivity index (χ0v) is 4.69.